The molecule has 2 aliphatic rings. The Kier molecular flexibility index (Phi) is 6.30. The number of amides is 2. The van der Waals surface area contributed by atoms with E-state index in [4.69, 9.17) is 4.74 Å². The number of nitrogens with one attached hydrogen (secondary N) is 2. The third-order valence-electron chi connectivity index (χ3n) is 6.09. The molecule has 1 aliphatic carbocycles. The molecular weight excluding hydrogens is 430 g/mol. The lowest BCUT2D eigenvalue weighted by Crippen LogP contribution is -2.60. The van der Waals surface area contributed by atoms with Gasteiger partial charge in [0.25, 0.3) is 5.91 Å². The Labute approximate surface area is 190 Å². The van der Waals surface area contributed by atoms with Gasteiger partial charge in [0.1, 0.15) is 23.8 Å². The predicted octanol–water partition coefficient (Wildman–Crippen LogP) is 2.20. The number of nitrogens with zero attached hydrogens (tertiary/aromatic N) is 1. The van der Waals surface area contributed by atoms with E-state index >= 15 is 0 Å². The van der Waals surface area contributed by atoms with Crippen LogP contribution in [0.5, 0.6) is 0 Å². The van der Waals surface area contributed by atoms with E-state index in [-0.39, 0.29) is 30.0 Å². The summed E-state index contributed by atoms with van der Waals surface area (Å²) in [7, 11) is 0. The van der Waals surface area contributed by atoms with Gasteiger partial charge in [-0.25, -0.2) is 0 Å². The van der Waals surface area contributed by atoms with E-state index in [1.54, 1.807) is 6.07 Å². The zero-order valence-electron chi connectivity index (χ0n) is 18.1. The summed E-state index contributed by atoms with van der Waals surface area (Å²) in [4.78, 5) is 39.6. The summed E-state index contributed by atoms with van der Waals surface area (Å²) in [6, 6.07) is 4.54. The van der Waals surface area contributed by atoms with Crippen LogP contribution in [-0.2, 0) is 14.3 Å². The molecule has 32 heavy (non-hydrogen) atoms. The number of ether oxygens (including phenoxy) is 1. The average Bonchev–Trinajstić information content (AvgIpc) is 3.46. The van der Waals surface area contributed by atoms with Gasteiger partial charge in [-0.3, -0.25) is 14.4 Å². The van der Waals surface area contributed by atoms with Gasteiger partial charge < -0.3 is 20.6 Å². The number of carbonyl (C=O) groups excluding carboxylic acids is 3. The van der Waals surface area contributed by atoms with E-state index in [9.17, 15) is 19.6 Å². The van der Waals surface area contributed by atoms with Crippen molar-refractivity contribution in [2.75, 3.05) is 6.61 Å². The molecule has 3 atom stereocenters. The lowest BCUT2D eigenvalue weighted by atomic mass is 9.91. The van der Waals surface area contributed by atoms with Crippen molar-refractivity contribution in [2.24, 2.45) is 5.92 Å². The lowest BCUT2D eigenvalue weighted by Gasteiger charge is -2.30. The molecule has 0 aromatic carbocycles. The molecule has 1 saturated carbocycles. The maximum Gasteiger partial charge on any atom is 0.258 e. The van der Waals surface area contributed by atoms with Gasteiger partial charge in [0.05, 0.1) is 11.7 Å². The minimum absolute atomic E-state index is 0.00512. The summed E-state index contributed by atoms with van der Waals surface area (Å²) in [5.74, 6) is -0.898. The van der Waals surface area contributed by atoms with Crippen molar-refractivity contribution >= 4 is 28.9 Å². The molecule has 2 N–H and O–H groups in total. The normalized spacial score (nSPS) is 23.2. The Morgan fingerprint density at radius 3 is 2.91 bits per heavy atom. The van der Waals surface area contributed by atoms with Crippen LogP contribution in [0.4, 0.5) is 0 Å². The van der Waals surface area contributed by atoms with Gasteiger partial charge in [0.15, 0.2) is 18.2 Å². The van der Waals surface area contributed by atoms with Crippen LogP contribution >= 0.6 is 11.3 Å². The summed E-state index contributed by atoms with van der Waals surface area (Å²) < 4.78 is 6.17. The minimum atomic E-state index is -0.992. The van der Waals surface area contributed by atoms with Crippen molar-refractivity contribution in [1.82, 2.24) is 10.6 Å². The number of thiophene rings is 1. The molecule has 8 nitrogen and oxygen atoms in total. The van der Waals surface area contributed by atoms with Crippen LogP contribution in [0.2, 0.25) is 0 Å². The molecule has 2 aromatic rings. The first-order valence-electron chi connectivity index (χ1n) is 10.8. The smallest absolute Gasteiger partial charge is 0.258 e. The van der Waals surface area contributed by atoms with Crippen LogP contribution in [0, 0.1) is 11.1 Å². The number of aromatic nitrogens is 1. The maximum absolute atomic E-state index is 13.2. The van der Waals surface area contributed by atoms with Crippen LogP contribution in [0.15, 0.2) is 36.0 Å². The van der Waals surface area contributed by atoms with Crippen molar-refractivity contribution in [3.8, 4) is 10.4 Å². The van der Waals surface area contributed by atoms with E-state index in [0.717, 1.165) is 17.7 Å². The third kappa shape index (κ3) is 4.40. The zero-order valence-corrected chi connectivity index (χ0v) is 18.9. The van der Waals surface area contributed by atoms with Gasteiger partial charge in [-0.05, 0) is 49.1 Å². The average molecular weight is 458 g/mol. The number of hydrogen-bond acceptors (Lipinski definition) is 6. The highest BCUT2D eigenvalue weighted by molar-refractivity contribution is 7.13. The molecule has 0 unspecified atom stereocenters. The van der Waals surface area contributed by atoms with Crippen molar-refractivity contribution in [3.05, 3.63) is 46.7 Å². The van der Waals surface area contributed by atoms with Crippen LogP contribution in [0.25, 0.3) is 10.4 Å². The van der Waals surface area contributed by atoms with Gasteiger partial charge in [-0.2, -0.15) is 4.73 Å². The number of fused-ring (bicyclic) bond motifs is 1. The fourth-order valence-electron chi connectivity index (χ4n) is 4.54. The van der Waals surface area contributed by atoms with E-state index in [1.165, 1.54) is 23.7 Å². The molecule has 2 aromatic heterocycles. The quantitative estimate of drug-likeness (QED) is 0.489. The molecule has 1 saturated heterocycles. The van der Waals surface area contributed by atoms with Gasteiger partial charge in [0.2, 0.25) is 5.91 Å². The number of ketones is 1. The van der Waals surface area contributed by atoms with Crippen LogP contribution in [0.1, 0.15) is 49.9 Å². The Morgan fingerprint density at radius 2 is 2.19 bits per heavy atom. The molecule has 3 heterocycles. The van der Waals surface area contributed by atoms with Gasteiger partial charge >= 0.3 is 0 Å². The molecule has 4 rings (SSSR count). The predicted molar refractivity (Wildman–Crippen MR) is 119 cm³/mol. The highest BCUT2D eigenvalue weighted by Crippen LogP contribution is 2.38. The monoisotopic (exact) mass is 457 g/mol. The van der Waals surface area contributed by atoms with Gasteiger partial charge in [-0.15, -0.1) is 11.3 Å². The number of pyridine rings is 1. The summed E-state index contributed by atoms with van der Waals surface area (Å²) in [6.45, 7) is 3.91. The minimum Gasteiger partial charge on any atom is -0.619 e. The Hall–Kier alpha value is -2.78. The largest absolute Gasteiger partial charge is 0.619 e. The van der Waals surface area contributed by atoms with Gasteiger partial charge in [-0.1, -0.05) is 19.9 Å². The molecule has 2 amide bonds. The first-order valence-corrected chi connectivity index (χ1v) is 11.7. The number of rotatable bonds is 7. The van der Waals surface area contributed by atoms with Crippen molar-refractivity contribution in [2.45, 2.75) is 57.2 Å². The molecule has 1 aliphatic heterocycles. The maximum atomic E-state index is 13.2. The van der Waals surface area contributed by atoms with Crippen molar-refractivity contribution in [3.63, 3.8) is 0 Å². The molecule has 2 fully saturated rings. The first kappa shape index (κ1) is 22.4. The Balaban J connectivity index is 1.53. The highest BCUT2D eigenvalue weighted by Gasteiger charge is 2.55. The highest BCUT2D eigenvalue weighted by atomic mass is 32.1. The molecule has 0 bridgehead atoms. The zero-order chi connectivity index (χ0) is 22.9. The number of carbonyl (C=O) groups is 3. The van der Waals surface area contributed by atoms with E-state index < -0.39 is 23.4 Å². The summed E-state index contributed by atoms with van der Waals surface area (Å²) in [5.41, 5.74) is -0.188. The van der Waals surface area contributed by atoms with Gasteiger partial charge in [0, 0.05) is 4.88 Å². The van der Waals surface area contributed by atoms with E-state index in [0.29, 0.717) is 23.1 Å². The number of hydrogen-bond donors (Lipinski definition) is 2. The first-order chi connectivity index (χ1) is 15.3. The topological polar surface area (TPSA) is 111 Å². The standard InChI is InChI=1S/C23H27N3O5S/c1-14(2)9-17(22(29)25-23-7-3-6-20(23)31-13-19(23)27)24-21(28)16-10-15(11-26(30)12-16)18-5-4-8-32-18/h4-5,8,10-12,14,17,20H,3,6-7,9,13H2,1-2H3,(H,24,28)(H,25,29)/t17-,20+,23-/m0/s1. The number of Topliss-reactive ketones (excluding diaryl/α,β-unsaturated/α-hetero) is 1. The molecule has 0 radical (unpaired) electrons. The molecule has 0 spiro atoms. The second-order valence-corrected chi connectivity index (χ2v) is 9.83. The van der Waals surface area contributed by atoms with Crippen molar-refractivity contribution < 1.29 is 23.9 Å². The summed E-state index contributed by atoms with van der Waals surface area (Å²) >= 11 is 1.47. The van der Waals surface area contributed by atoms with E-state index in [2.05, 4.69) is 10.6 Å². The summed E-state index contributed by atoms with van der Waals surface area (Å²) in [5, 5.41) is 19.7. The SMILES string of the molecule is CC(C)C[C@H](NC(=O)c1cc(-c2cccs2)c[n+]([O-])c1)C(=O)N[C@]12CCC[C@H]1OCC2=O. The third-order valence-corrected chi connectivity index (χ3v) is 7.01. The second-order valence-electron chi connectivity index (χ2n) is 8.88. The second kappa shape index (κ2) is 8.99. The molecule has 9 heteroatoms. The van der Waals surface area contributed by atoms with Crippen LogP contribution in [-0.4, -0.2) is 41.9 Å². The van der Waals surface area contributed by atoms with E-state index in [1.807, 2.05) is 31.4 Å². The van der Waals surface area contributed by atoms with Crippen LogP contribution < -0.4 is 15.4 Å². The molecule has 170 valence electrons. The Morgan fingerprint density at radius 1 is 1.38 bits per heavy atom. The fraction of sp³-hybridized carbons (Fsp3) is 0.478. The lowest BCUT2D eigenvalue weighted by molar-refractivity contribution is -0.604. The van der Waals surface area contributed by atoms with Crippen molar-refractivity contribution in [1.29, 1.82) is 0 Å². The fourth-order valence-corrected chi connectivity index (χ4v) is 5.25. The Bertz CT molecular complexity index is 1020. The molecular formula is C23H27N3O5S. The van der Waals surface area contributed by atoms with Crippen LogP contribution in [0.3, 0.4) is 0 Å². The summed E-state index contributed by atoms with van der Waals surface area (Å²) in [6.07, 6.45) is 4.77.